The Bertz CT molecular complexity index is 952. The number of carbonyl (C=O) groups is 1. The number of hydrogen-bond donors (Lipinski definition) is 1. The Morgan fingerprint density at radius 2 is 1.93 bits per heavy atom. The number of anilines is 2. The molecule has 1 amide bonds. The Labute approximate surface area is 168 Å². The second-order valence-corrected chi connectivity index (χ2v) is 7.05. The summed E-state index contributed by atoms with van der Waals surface area (Å²) in [6.45, 7) is 2.92. The van der Waals surface area contributed by atoms with Crippen LogP contribution in [0, 0.1) is 0 Å². The SMILES string of the molecule is O=C(Cc1cnn(-c2ccccc2)c1)Nc1cc(Cl)ccc1N1CCOCC1. The molecule has 6 nitrogen and oxygen atoms in total. The van der Waals surface area contributed by atoms with Crippen molar-refractivity contribution in [2.24, 2.45) is 0 Å². The molecule has 1 aromatic heterocycles. The summed E-state index contributed by atoms with van der Waals surface area (Å²) in [6, 6.07) is 15.4. The van der Waals surface area contributed by atoms with Crippen molar-refractivity contribution in [1.29, 1.82) is 0 Å². The molecule has 0 aliphatic carbocycles. The largest absolute Gasteiger partial charge is 0.378 e. The second kappa shape index (κ2) is 8.46. The van der Waals surface area contributed by atoms with E-state index < -0.39 is 0 Å². The number of aromatic nitrogens is 2. The van der Waals surface area contributed by atoms with Crippen LogP contribution in [-0.4, -0.2) is 42.0 Å². The number of rotatable bonds is 5. The van der Waals surface area contributed by atoms with Gasteiger partial charge in [-0.15, -0.1) is 0 Å². The average molecular weight is 397 g/mol. The average Bonchev–Trinajstić information content (AvgIpc) is 3.18. The van der Waals surface area contributed by atoms with Crippen molar-refractivity contribution in [2.75, 3.05) is 36.5 Å². The third-order valence-electron chi connectivity index (χ3n) is 4.61. The van der Waals surface area contributed by atoms with Gasteiger partial charge in [0.2, 0.25) is 5.91 Å². The first kappa shape index (κ1) is 18.5. The highest BCUT2D eigenvalue weighted by Gasteiger charge is 2.17. The Hall–Kier alpha value is -2.83. The summed E-state index contributed by atoms with van der Waals surface area (Å²) in [5.41, 5.74) is 3.48. The molecule has 1 saturated heterocycles. The van der Waals surface area contributed by atoms with Crippen molar-refractivity contribution in [3.05, 3.63) is 71.5 Å². The van der Waals surface area contributed by atoms with Crippen LogP contribution in [-0.2, 0) is 16.0 Å². The maximum absolute atomic E-state index is 12.6. The highest BCUT2D eigenvalue weighted by atomic mass is 35.5. The van der Waals surface area contributed by atoms with Crippen LogP contribution in [0.25, 0.3) is 5.69 Å². The third kappa shape index (κ3) is 4.35. The van der Waals surface area contributed by atoms with Crippen LogP contribution in [0.15, 0.2) is 60.9 Å². The predicted octanol–water partition coefficient (Wildman–Crippen LogP) is 3.54. The van der Waals surface area contributed by atoms with Crippen molar-refractivity contribution in [3.63, 3.8) is 0 Å². The first-order valence-electron chi connectivity index (χ1n) is 9.20. The van der Waals surface area contributed by atoms with Gasteiger partial charge in [0, 0.05) is 24.3 Å². The number of carbonyl (C=O) groups excluding carboxylic acids is 1. The van der Waals surface area contributed by atoms with E-state index in [0.29, 0.717) is 18.2 Å². The lowest BCUT2D eigenvalue weighted by Gasteiger charge is -2.30. The Morgan fingerprint density at radius 3 is 2.71 bits per heavy atom. The van der Waals surface area contributed by atoms with Gasteiger partial charge in [-0.1, -0.05) is 29.8 Å². The molecule has 0 atom stereocenters. The molecule has 1 N–H and O–H groups in total. The molecular formula is C21H21ClN4O2. The van der Waals surface area contributed by atoms with E-state index in [1.54, 1.807) is 16.9 Å². The first-order valence-corrected chi connectivity index (χ1v) is 9.58. The number of nitrogens with zero attached hydrogens (tertiary/aromatic N) is 3. The maximum Gasteiger partial charge on any atom is 0.228 e. The summed E-state index contributed by atoms with van der Waals surface area (Å²) >= 11 is 6.16. The summed E-state index contributed by atoms with van der Waals surface area (Å²) in [4.78, 5) is 14.8. The van der Waals surface area contributed by atoms with Crippen LogP contribution in [0.1, 0.15) is 5.56 Å². The van der Waals surface area contributed by atoms with E-state index in [0.717, 1.165) is 35.7 Å². The van der Waals surface area contributed by atoms with Gasteiger partial charge in [0.25, 0.3) is 0 Å². The summed E-state index contributed by atoms with van der Waals surface area (Å²) < 4.78 is 7.18. The monoisotopic (exact) mass is 396 g/mol. The number of ether oxygens (including phenoxy) is 1. The zero-order valence-electron chi connectivity index (χ0n) is 15.3. The van der Waals surface area contributed by atoms with Crippen LogP contribution < -0.4 is 10.2 Å². The van der Waals surface area contributed by atoms with E-state index in [1.165, 1.54) is 0 Å². The summed E-state index contributed by atoms with van der Waals surface area (Å²) in [7, 11) is 0. The topological polar surface area (TPSA) is 59.4 Å². The van der Waals surface area contributed by atoms with Crippen LogP contribution >= 0.6 is 11.6 Å². The van der Waals surface area contributed by atoms with Crippen LogP contribution in [0.5, 0.6) is 0 Å². The van der Waals surface area contributed by atoms with Crippen molar-refractivity contribution >= 4 is 28.9 Å². The molecule has 0 spiro atoms. The molecule has 1 fully saturated rings. The maximum atomic E-state index is 12.6. The minimum atomic E-state index is -0.107. The molecule has 28 heavy (non-hydrogen) atoms. The van der Waals surface area contributed by atoms with Gasteiger partial charge in [0.05, 0.1) is 42.9 Å². The Morgan fingerprint density at radius 1 is 1.14 bits per heavy atom. The second-order valence-electron chi connectivity index (χ2n) is 6.61. The van der Waals surface area contributed by atoms with E-state index in [1.807, 2.05) is 48.7 Å². The minimum Gasteiger partial charge on any atom is -0.378 e. The van der Waals surface area contributed by atoms with Crippen molar-refractivity contribution < 1.29 is 9.53 Å². The number of halogens is 1. The first-order chi connectivity index (χ1) is 13.7. The number of amides is 1. The number of morpholine rings is 1. The fourth-order valence-corrected chi connectivity index (χ4v) is 3.41. The van der Waals surface area contributed by atoms with Gasteiger partial charge >= 0.3 is 0 Å². The summed E-state index contributed by atoms with van der Waals surface area (Å²) in [6.07, 6.45) is 3.82. The van der Waals surface area contributed by atoms with Gasteiger partial charge in [0.15, 0.2) is 0 Å². The lowest BCUT2D eigenvalue weighted by molar-refractivity contribution is -0.115. The standard InChI is InChI=1S/C21H21ClN4O2/c22-17-6-7-20(25-8-10-28-11-9-25)19(13-17)24-21(27)12-16-14-23-26(15-16)18-4-2-1-3-5-18/h1-7,13-15H,8-12H2,(H,24,27). The zero-order chi connectivity index (χ0) is 19.3. The van der Waals surface area contributed by atoms with Gasteiger partial charge in [-0.25, -0.2) is 4.68 Å². The number of para-hydroxylation sites is 1. The molecule has 144 valence electrons. The number of nitrogens with one attached hydrogen (secondary N) is 1. The van der Waals surface area contributed by atoms with Crippen molar-refractivity contribution in [2.45, 2.75) is 6.42 Å². The quantitative estimate of drug-likeness (QED) is 0.716. The molecule has 4 rings (SSSR count). The van der Waals surface area contributed by atoms with E-state index in [-0.39, 0.29) is 12.3 Å². The molecule has 0 unspecified atom stereocenters. The molecule has 1 aliphatic heterocycles. The highest BCUT2D eigenvalue weighted by Crippen LogP contribution is 2.30. The molecular weight excluding hydrogens is 376 g/mol. The fourth-order valence-electron chi connectivity index (χ4n) is 3.24. The fraction of sp³-hybridized carbons (Fsp3) is 0.238. The zero-order valence-corrected chi connectivity index (χ0v) is 16.1. The lowest BCUT2D eigenvalue weighted by atomic mass is 10.2. The molecule has 7 heteroatoms. The van der Waals surface area contributed by atoms with E-state index in [4.69, 9.17) is 16.3 Å². The molecule has 2 aromatic carbocycles. The van der Waals surface area contributed by atoms with Crippen LogP contribution in [0.4, 0.5) is 11.4 Å². The van der Waals surface area contributed by atoms with Crippen molar-refractivity contribution in [1.82, 2.24) is 9.78 Å². The van der Waals surface area contributed by atoms with E-state index >= 15 is 0 Å². The smallest absolute Gasteiger partial charge is 0.228 e. The van der Waals surface area contributed by atoms with Gasteiger partial charge in [-0.2, -0.15) is 5.10 Å². The highest BCUT2D eigenvalue weighted by molar-refractivity contribution is 6.31. The van der Waals surface area contributed by atoms with Gasteiger partial charge in [0.1, 0.15) is 0 Å². The third-order valence-corrected chi connectivity index (χ3v) is 4.84. The normalized spacial score (nSPS) is 14.1. The molecule has 2 heterocycles. The Balaban J connectivity index is 1.47. The van der Waals surface area contributed by atoms with E-state index in [2.05, 4.69) is 15.3 Å². The molecule has 0 bridgehead atoms. The lowest BCUT2D eigenvalue weighted by Crippen LogP contribution is -2.36. The van der Waals surface area contributed by atoms with Crippen LogP contribution in [0.2, 0.25) is 5.02 Å². The van der Waals surface area contributed by atoms with Crippen molar-refractivity contribution in [3.8, 4) is 5.69 Å². The van der Waals surface area contributed by atoms with Gasteiger partial charge in [-0.3, -0.25) is 4.79 Å². The minimum absolute atomic E-state index is 0.107. The summed E-state index contributed by atoms with van der Waals surface area (Å²) in [5.74, 6) is -0.107. The van der Waals surface area contributed by atoms with Gasteiger partial charge in [-0.05, 0) is 35.9 Å². The number of benzene rings is 2. The van der Waals surface area contributed by atoms with Gasteiger partial charge < -0.3 is 15.0 Å². The predicted molar refractivity (Wildman–Crippen MR) is 110 cm³/mol. The molecule has 0 saturated carbocycles. The molecule has 3 aromatic rings. The summed E-state index contributed by atoms with van der Waals surface area (Å²) in [5, 5.41) is 7.94. The Kier molecular flexibility index (Phi) is 5.60. The number of hydrogen-bond acceptors (Lipinski definition) is 4. The molecule has 0 radical (unpaired) electrons. The molecule has 1 aliphatic rings. The van der Waals surface area contributed by atoms with E-state index in [9.17, 15) is 4.79 Å². The van der Waals surface area contributed by atoms with Crippen LogP contribution in [0.3, 0.4) is 0 Å².